The first-order chi connectivity index (χ1) is 21.7. The van der Waals surface area contributed by atoms with Crippen LogP contribution in [0.1, 0.15) is 51.5 Å². The highest BCUT2D eigenvalue weighted by Crippen LogP contribution is 2.44. The molecule has 45 heavy (non-hydrogen) atoms. The molecule has 0 saturated carbocycles. The molecule has 1 aliphatic carbocycles. The van der Waals surface area contributed by atoms with Gasteiger partial charge in [-0.3, -0.25) is 14.6 Å². The summed E-state index contributed by atoms with van der Waals surface area (Å²) in [7, 11) is 1.28. The maximum absolute atomic E-state index is 13.4. The predicted octanol–water partition coefficient (Wildman–Crippen LogP) is 4.99. The molecule has 4 heterocycles. The number of carbonyl (C=O) groups is 3. The molecule has 1 aromatic rings. The number of benzene rings is 1. The molecule has 0 aromatic heterocycles. The molecule has 2 bridgehead atoms. The fourth-order valence-electron chi connectivity index (χ4n) is 5.65. The molecule has 3 unspecified atom stereocenters. The summed E-state index contributed by atoms with van der Waals surface area (Å²) >= 11 is 6.58. The zero-order chi connectivity index (χ0) is 32.1. The Bertz CT molecular complexity index is 1560. The van der Waals surface area contributed by atoms with Crippen LogP contribution in [0.15, 0.2) is 81.2 Å². The second-order valence-electron chi connectivity index (χ2n) is 10.7. The molecule has 1 amide bonds. The average molecular weight is 638 g/mol. The van der Waals surface area contributed by atoms with Crippen LogP contribution in [0, 0.1) is 5.92 Å². The fraction of sp³-hybridized carbons (Fsp3) is 0.424. The largest absolute Gasteiger partial charge is 0.468 e. The van der Waals surface area contributed by atoms with E-state index >= 15 is 0 Å². The second kappa shape index (κ2) is 13.9. The van der Waals surface area contributed by atoms with Crippen molar-refractivity contribution in [3.63, 3.8) is 0 Å². The number of aliphatic imine (C=N–C) groups is 2. The first-order valence-corrected chi connectivity index (χ1v) is 15.3. The average Bonchev–Trinajstić information content (AvgIpc) is 3.01. The van der Waals surface area contributed by atoms with Crippen molar-refractivity contribution >= 4 is 40.9 Å². The van der Waals surface area contributed by atoms with Gasteiger partial charge in [0.2, 0.25) is 5.91 Å². The van der Waals surface area contributed by atoms with Crippen molar-refractivity contribution in [1.82, 2.24) is 5.06 Å². The molecule has 238 valence electrons. The number of allylic oxidation sites excluding steroid dienone is 4. The van der Waals surface area contributed by atoms with Gasteiger partial charge in [-0.15, -0.1) is 0 Å². The van der Waals surface area contributed by atoms with Crippen LogP contribution in [-0.4, -0.2) is 73.7 Å². The number of ether oxygens (including phenoxy) is 4. The Balaban J connectivity index is 1.36. The molecule has 0 saturated heterocycles. The first kappa shape index (κ1) is 32.3. The Hall–Kier alpha value is -4.06. The van der Waals surface area contributed by atoms with Crippen molar-refractivity contribution in [1.29, 1.82) is 0 Å². The van der Waals surface area contributed by atoms with Crippen molar-refractivity contribution in [2.45, 2.75) is 51.9 Å². The zero-order valence-electron chi connectivity index (χ0n) is 25.7. The Morgan fingerprint density at radius 1 is 1.20 bits per heavy atom. The monoisotopic (exact) mass is 637 g/mol. The molecule has 0 fully saturated rings. The molecule has 1 aromatic carbocycles. The van der Waals surface area contributed by atoms with Gasteiger partial charge >= 0.3 is 17.8 Å². The maximum Gasteiger partial charge on any atom is 0.359 e. The van der Waals surface area contributed by atoms with E-state index < -0.39 is 29.7 Å². The summed E-state index contributed by atoms with van der Waals surface area (Å²) in [6.45, 7) is 5.38. The van der Waals surface area contributed by atoms with E-state index in [1.807, 2.05) is 25.2 Å². The highest BCUT2D eigenvalue weighted by atomic mass is 35.5. The van der Waals surface area contributed by atoms with E-state index in [9.17, 15) is 14.4 Å². The number of amides is 1. The topological polar surface area (TPSA) is 125 Å². The molecule has 12 heteroatoms. The minimum Gasteiger partial charge on any atom is -0.468 e. The summed E-state index contributed by atoms with van der Waals surface area (Å²) in [5.41, 5.74) is 3.10. The number of hydrogen-bond donors (Lipinski definition) is 0. The predicted molar refractivity (Wildman–Crippen MR) is 166 cm³/mol. The number of methoxy groups -OCH3 is 1. The minimum atomic E-state index is -1.41. The van der Waals surface area contributed by atoms with Gasteiger partial charge in [0.1, 0.15) is 11.7 Å². The quantitative estimate of drug-likeness (QED) is 0.168. The van der Waals surface area contributed by atoms with Crippen LogP contribution in [0.4, 0.5) is 0 Å². The van der Waals surface area contributed by atoms with E-state index in [0.29, 0.717) is 34.2 Å². The lowest BCUT2D eigenvalue weighted by atomic mass is 9.75. The number of nitrogens with zero attached hydrogens (tertiary/aromatic N) is 3. The van der Waals surface area contributed by atoms with E-state index in [-0.39, 0.29) is 44.3 Å². The zero-order valence-corrected chi connectivity index (χ0v) is 26.5. The standard InChI is InChI=1S/C33H36ClN3O8/c1-5-11-27(38)37(45-33-18-26(44-33)22-13-8-10-15-24(22)36-33)16-17-42-19-25-30(32(40)43-6-2)29(21-12-7-9-14-23(21)34)28(20(3)35-25)31(39)41-4/h7,9-10,12-15,18,28-29H,5-6,8,11,16-17,19H2,1-4H3. The number of hydroxylamine groups is 2. The highest BCUT2D eigenvalue weighted by Gasteiger charge is 2.50. The van der Waals surface area contributed by atoms with E-state index in [0.717, 1.165) is 17.7 Å². The molecular weight excluding hydrogens is 602 g/mol. The molecular formula is C33H36ClN3O8. The molecule has 4 aliphatic heterocycles. The fourth-order valence-corrected chi connectivity index (χ4v) is 5.91. The van der Waals surface area contributed by atoms with Crippen molar-refractivity contribution in [2.75, 3.05) is 33.5 Å². The third-order valence-corrected chi connectivity index (χ3v) is 8.03. The molecule has 5 aliphatic rings. The third kappa shape index (κ3) is 6.66. The Morgan fingerprint density at radius 3 is 2.69 bits per heavy atom. The molecule has 6 rings (SSSR count). The van der Waals surface area contributed by atoms with Crippen LogP contribution in [-0.2, 0) is 38.2 Å². The van der Waals surface area contributed by atoms with Gasteiger partial charge in [0.15, 0.2) is 0 Å². The summed E-state index contributed by atoms with van der Waals surface area (Å²) in [5, 5.41) is 1.58. The molecule has 0 spiro atoms. The lowest BCUT2D eigenvalue weighted by Crippen LogP contribution is -2.51. The maximum atomic E-state index is 13.4. The number of halogens is 1. The summed E-state index contributed by atoms with van der Waals surface area (Å²) in [4.78, 5) is 54.7. The van der Waals surface area contributed by atoms with Gasteiger partial charge in [-0.1, -0.05) is 48.9 Å². The summed E-state index contributed by atoms with van der Waals surface area (Å²) in [6, 6.07) is 6.99. The number of rotatable bonds is 13. The van der Waals surface area contributed by atoms with E-state index in [2.05, 4.69) is 9.98 Å². The normalized spacial score (nSPS) is 23.0. The minimum absolute atomic E-state index is 0.0368. The molecule has 11 nitrogen and oxygen atoms in total. The van der Waals surface area contributed by atoms with Gasteiger partial charge in [-0.2, -0.15) is 4.84 Å². The molecule has 0 N–H and O–H groups in total. The third-order valence-electron chi connectivity index (χ3n) is 7.69. The SMILES string of the molecule is CCCC(=O)N(CCOCC1=C(C(=O)OCC)C(c2ccccc2Cl)C(C(=O)OC)C(C)=N1)OC12C=C(O1)C1=CCC=CC1=N2. The number of dihydropyridines is 1. The van der Waals surface area contributed by atoms with Crippen molar-refractivity contribution in [2.24, 2.45) is 15.9 Å². The van der Waals surface area contributed by atoms with E-state index in [1.54, 1.807) is 44.2 Å². The second-order valence-corrected chi connectivity index (χ2v) is 11.1. The van der Waals surface area contributed by atoms with Crippen molar-refractivity contribution in [3.05, 3.63) is 81.8 Å². The van der Waals surface area contributed by atoms with Crippen LogP contribution >= 0.6 is 11.6 Å². The lowest BCUT2D eigenvalue weighted by molar-refractivity contribution is -0.316. The van der Waals surface area contributed by atoms with Crippen LogP contribution in [0.5, 0.6) is 0 Å². The Labute approximate surface area is 266 Å². The van der Waals surface area contributed by atoms with E-state index in [4.69, 9.17) is 35.4 Å². The highest BCUT2D eigenvalue weighted by molar-refractivity contribution is 6.31. The number of hydrogen-bond acceptors (Lipinski definition) is 10. The van der Waals surface area contributed by atoms with Crippen LogP contribution in [0.2, 0.25) is 5.02 Å². The van der Waals surface area contributed by atoms with Crippen molar-refractivity contribution < 1.29 is 38.2 Å². The van der Waals surface area contributed by atoms with Gasteiger partial charge in [-0.25, -0.2) is 14.9 Å². The van der Waals surface area contributed by atoms with Gasteiger partial charge in [-0.05, 0) is 44.4 Å². The summed E-state index contributed by atoms with van der Waals surface area (Å²) in [5.74, 6) is -3.91. The van der Waals surface area contributed by atoms with E-state index in [1.165, 1.54) is 12.2 Å². The smallest absolute Gasteiger partial charge is 0.359 e. The van der Waals surface area contributed by atoms with Crippen LogP contribution < -0.4 is 0 Å². The Kier molecular flexibility index (Phi) is 10.0. The van der Waals surface area contributed by atoms with Gasteiger partial charge < -0.3 is 18.9 Å². The lowest BCUT2D eigenvalue weighted by Gasteiger charge is -2.43. The summed E-state index contributed by atoms with van der Waals surface area (Å²) in [6.07, 6.45) is 9.34. The van der Waals surface area contributed by atoms with Crippen LogP contribution in [0.3, 0.4) is 0 Å². The first-order valence-electron chi connectivity index (χ1n) is 15.0. The van der Waals surface area contributed by atoms with Gasteiger partial charge in [0, 0.05) is 28.6 Å². The van der Waals surface area contributed by atoms with Gasteiger partial charge in [0.05, 0.1) is 56.5 Å². The van der Waals surface area contributed by atoms with Crippen LogP contribution in [0.25, 0.3) is 0 Å². The summed E-state index contributed by atoms with van der Waals surface area (Å²) < 4.78 is 22.4. The molecule has 0 radical (unpaired) electrons. The number of carbonyl (C=O) groups excluding carboxylic acids is 3. The number of esters is 2. The Morgan fingerprint density at radius 2 is 1.98 bits per heavy atom. The van der Waals surface area contributed by atoms with Crippen molar-refractivity contribution in [3.8, 4) is 0 Å². The van der Waals surface area contributed by atoms with Gasteiger partial charge in [0.25, 0.3) is 0 Å². The molecule has 3 atom stereocenters.